The Hall–Kier alpha value is -1.68. The second kappa shape index (κ2) is 7.06. The topological polar surface area (TPSA) is 32.7 Å². The van der Waals surface area contributed by atoms with Crippen LogP contribution in [0.25, 0.3) is 11.1 Å². The highest BCUT2D eigenvalue weighted by Gasteiger charge is 2.19. The third-order valence-corrected chi connectivity index (χ3v) is 5.41. The Kier molecular flexibility index (Phi) is 4.65. The third-order valence-electron chi connectivity index (χ3n) is 5.41. The lowest BCUT2D eigenvalue weighted by molar-refractivity contribution is 0.127. The first-order chi connectivity index (χ1) is 11.8. The van der Waals surface area contributed by atoms with Gasteiger partial charge in [-0.1, -0.05) is 42.5 Å². The maximum Gasteiger partial charge on any atom is 0.0731 e. The molecule has 24 heavy (non-hydrogen) atoms. The van der Waals surface area contributed by atoms with Crippen molar-refractivity contribution in [3.05, 3.63) is 59.2 Å². The van der Waals surface area contributed by atoms with Crippen LogP contribution in [0.3, 0.4) is 0 Å². The van der Waals surface area contributed by atoms with Gasteiger partial charge in [-0.3, -0.25) is 4.90 Å². The molecule has 2 aliphatic heterocycles. The van der Waals surface area contributed by atoms with Crippen molar-refractivity contribution in [2.24, 2.45) is 5.92 Å². The number of likely N-dealkylation sites (tertiary alicyclic amines) is 1. The second-order valence-corrected chi connectivity index (χ2v) is 7.04. The normalized spacial score (nSPS) is 18.7. The van der Waals surface area contributed by atoms with Crippen molar-refractivity contribution >= 4 is 0 Å². The Morgan fingerprint density at radius 2 is 1.79 bits per heavy atom. The number of aliphatic hydroxyl groups excluding tert-OH is 1. The summed E-state index contributed by atoms with van der Waals surface area (Å²) in [6.07, 6.45) is 2.23. The van der Waals surface area contributed by atoms with Crippen LogP contribution >= 0.6 is 0 Å². The average Bonchev–Trinajstić information content (AvgIpc) is 3.12. The summed E-state index contributed by atoms with van der Waals surface area (Å²) >= 11 is 0. The van der Waals surface area contributed by atoms with Gasteiger partial charge in [0.2, 0.25) is 0 Å². The number of aliphatic hydroxyl groups is 1. The summed E-state index contributed by atoms with van der Waals surface area (Å²) in [5, 5.41) is 9.25. The van der Waals surface area contributed by atoms with Crippen LogP contribution in [0.2, 0.25) is 0 Å². The van der Waals surface area contributed by atoms with E-state index in [1.807, 2.05) is 0 Å². The fraction of sp³-hybridized carbons (Fsp3) is 0.429. The van der Waals surface area contributed by atoms with Crippen molar-refractivity contribution in [2.45, 2.75) is 32.6 Å². The number of benzene rings is 2. The first kappa shape index (κ1) is 15.8. The summed E-state index contributed by atoms with van der Waals surface area (Å²) in [4.78, 5) is 2.50. The molecule has 1 fully saturated rings. The summed E-state index contributed by atoms with van der Waals surface area (Å²) in [6, 6.07) is 15.5. The van der Waals surface area contributed by atoms with Gasteiger partial charge in [0.1, 0.15) is 0 Å². The largest absolute Gasteiger partial charge is 0.396 e. The lowest BCUT2D eigenvalue weighted by Crippen LogP contribution is -2.34. The molecule has 0 aliphatic carbocycles. The first-order valence-corrected chi connectivity index (χ1v) is 8.94. The fourth-order valence-electron chi connectivity index (χ4n) is 3.85. The van der Waals surface area contributed by atoms with Gasteiger partial charge in [-0.05, 0) is 59.7 Å². The van der Waals surface area contributed by atoms with Gasteiger partial charge in [0.15, 0.2) is 0 Å². The van der Waals surface area contributed by atoms with Crippen molar-refractivity contribution in [1.82, 2.24) is 4.90 Å². The van der Waals surface area contributed by atoms with E-state index in [1.165, 1.54) is 27.8 Å². The summed E-state index contributed by atoms with van der Waals surface area (Å²) in [5.41, 5.74) is 6.62. The van der Waals surface area contributed by atoms with Crippen molar-refractivity contribution in [1.29, 1.82) is 0 Å². The monoisotopic (exact) mass is 323 g/mol. The molecule has 3 heteroatoms. The highest BCUT2D eigenvalue weighted by Crippen LogP contribution is 2.31. The summed E-state index contributed by atoms with van der Waals surface area (Å²) < 4.78 is 5.59. The number of rotatable bonds is 4. The summed E-state index contributed by atoms with van der Waals surface area (Å²) in [5.74, 6) is 0.506. The van der Waals surface area contributed by atoms with Gasteiger partial charge in [-0.15, -0.1) is 0 Å². The molecular weight excluding hydrogens is 298 g/mol. The first-order valence-electron chi connectivity index (χ1n) is 8.94. The molecule has 2 heterocycles. The van der Waals surface area contributed by atoms with E-state index in [0.29, 0.717) is 12.5 Å². The van der Waals surface area contributed by atoms with E-state index in [2.05, 4.69) is 47.4 Å². The summed E-state index contributed by atoms with van der Waals surface area (Å²) in [6.45, 7) is 5.01. The Morgan fingerprint density at radius 3 is 2.54 bits per heavy atom. The van der Waals surface area contributed by atoms with Crippen LogP contribution < -0.4 is 0 Å². The van der Waals surface area contributed by atoms with E-state index in [1.54, 1.807) is 0 Å². The van der Waals surface area contributed by atoms with Crippen molar-refractivity contribution < 1.29 is 9.84 Å². The van der Waals surface area contributed by atoms with Crippen LogP contribution in [0.1, 0.15) is 29.5 Å². The third kappa shape index (κ3) is 3.25. The number of nitrogens with zero attached hydrogens (tertiary/aromatic N) is 1. The zero-order valence-electron chi connectivity index (χ0n) is 14.1. The lowest BCUT2D eigenvalue weighted by atomic mass is 9.95. The highest BCUT2D eigenvalue weighted by molar-refractivity contribution is 5.69. The maximum absolute atomic E-state index is 9.25. The van der Waals surface area contributed by atoms with Crippen molar-refractivity contribution in [3.8, 4) is 11.1 Å². The van der Waals surface area contributed by atoms with Crippen LogP contribution in [0.4, 0.5) is 0 Å². The van der Waals surface area contributed by atoms with E-state index in [4.69, 9.17) is 4.74 Å². The van der Waals surface area contributed by atoms with Gasteiger partial charge >= 0.3 is 0 Å². The number of ether oxygens (including phenoxy) is 1. The maximum atomic E-state index is 9.25. The molecule has 0 unspecified atom stereocenters. The van der Waals surface area contributed by atoms with Gasteiger partial charge in [0, 0.05) is 13.2 Å². The SMILES string of the molecule is OCC1CCN(Cc2ccc(-c3cccc4c3COC4)cc2)CC1. The van der Waals surface area contributed by atoms with Gasteiger partial charge in [-0.2, -0.15) is 0 Å². The van der Waals surface area contributed by atoms with Crippen molar-refractivity contribution in [2.75, 3.05) is 19.7 Å². The molecule has 1 N–H and O–H groups in total. The van der Waals surface area contributed by atoms with E-state index in [0.717, 1.165) is 45.7 Å². The van der Waals surface area contributed by atoms with E-state index >= 15 is 0 Å². The molecule has 0 atom stereocenters. The van der Waals surface area contributed by atoms with Crippen LogP contribution in [-0.4, -0.2) is 29.7 Å². The van der Waals surface area contributed by atoms with E-state index in [-0.39, 0.29) is 0 Å². The molecule has 0 radical (unpaired) electrons. The fourth-order valence-corrected chi connectivity index (χ4v) is 3.85. The Morgan fingerprint density at radius 1 is 1.00 bits per heavy atom. The highest BCUT2D eigenvalue weighted by atomic mass is 16.5. The Bertz CT molecular complexity index is 687. The zero-order valence-corrected chi connectivity index (χ0v) is 14.1. The minimum Gasteiger partial charge on any atom is -0.396 e. The van der Waals surface area contributed by atoms with Gasteiger partial charge < -0.3 is 9.84 Å². The standard InChI is InChI=1S/C21H25NO2/c23-13-17-8-10-22(11-9-17)12-16-4-6-18(7-5-16)20-3-1-2-19-14-24-15-21(19)20/h1-7,17,23H,8-15H2. The number of hydrogen-bond acceptors (Lipinski definition) is 3. The molecule has 126 valence electrons. The molecule has 0 bridgehead atoms. The number of fused-ring (bicyclic) bond motifs is 1. The van der Waals surface area contributed by atoms with E-state index < -0.39 is 0 Å². The molecule has 0 spiro atoms. The quantitative estimate of drug-likeness (QED) is 0.933. The van der Waals surface area contributed by atoms with Gasteiger partial charge in [-0.25, -0.2) is 0 Å². The minimum atomic E-state index is 0.341. The molecule has 0 saturated carbocycles. The smallest absolute Gasteiger partial charge is 0.0731 e. The zero-order chi connectivity index (χ0) is 16.4. The van der Waals surface area contributed by atoms with Crippen molar-refractivity contribution in [3.63, 3.8) is 0 Å². The molecule has 2 aliphatic rings. The molecule has 3 nitrogen and oxygen atoms in total. The Labute approximate surface area is 143 Å². The number of piperidine rings is 1. The molecule has 1 saturated heterocycles. The van der Waals surface area contributed by atoms with Crippen LogP contribution in [0.5, 0.6) is 0 Å². The minimum absolute atomic E-state index is 0.341. The molecule has 2 aromatic carbocycles. The molecule has 0 aromatic heterocycles. The van der Waals surface area contributed by atoms with Gasteiger partial charge in [0.05, 0.1) is 13.2 Å². The predicted octanol–water partition coefficient (Wildman–Crippen LogP) is 3.59. The summed E-state index contributed by atoms with van der Waals surface area (Å²) in [7, 11) is 0. The van der Waals surface area contributed by atoms with Gasteiger partial charge in [0.25, 0.3) is 0 Å². The lowest BCUT2D eigenvalue weighted by Gasteiger charge is -2.31. The predicted molar refractivity (Wildman–Crippen MR) is 95.5 cm³/mol. The second-order valence-electron chi connectivity index (χ2n) is 7.04. The average molecular weight is 323 g/mol. The van der Waals surface area contributed by atoms with E-state index in [9.17, 15) is 5.11 Å². The molecule has 2 aromatic rings. The molecule has 4 rings (SSSR count). The molecular formula is C21H25NO2. The van der Waals surface area contributed by atoms with Crippen LogP contribution in [0.15, 0.2) is 42.5 Å². The van der Waals surface area contributed by atoms with Crippen LogP contribution in [-0.2, 0) is 24.5 Å². The van der Waals surface area contributed by atoms with Crippen LogP contribution in [0, 0.1) is 5.92 Å². The number of hydrogen-bond donors (Lipinski definition) is 1. The molecule has 0 amide bonds. The Balaban J connectivity index is 1.45.